The van der Waals surface area contributed by atoms with Gasteiger partial charge in [0.15, 0.2) is 0 Å². The molecule has 1 aliphatic heterocycles. The van der Waals surface area contributed by atoms with Gasteiger partial charge in [0.25, 0.3) is 0 Å². The van der Waals surface area contributed by atoms with Crippen LogP contribution in [0.25, 0.3) is 0 Å². The molecule has 2 aromatic rings. The van der Waals surface area contributed by atoms with Crippen molar-refractivity contribution in [3.63, 3.8) is 0 Å². The largest absolute Gasteiger partial charge is 0.350 e. The van der Waals surface area contributed by atoms with Crippen molar-refractivity contribution >= 4 is 5.91 Å². The number of amides is 1. The van der Waals surface area contributed by atoms with Crippen molar-refractivity contribution in [2.45, 2.75) is 32.9 Å². The van der Waals surface area contributed by atoms with Crippen molar-refractivity contribution in [3.05, 3.63) is 59.4 Å². The smallest absolute Gasteiger partial charge is 0.224 e. The Morgan fingerprint density at radius 3 is 3.08 bits per heavy atom. The first-order chi connectivity index (χ1) is 12.1. The van der Waals surface area contributed by atoms with Gasteiger partial charge in [-0.3, -0.25) is 9.69 Å². The summed E-state index contributed by atoms with van der Waals surface area (Å²) in [6.45, 7) is 4.56. The average Bonchev–Trinajstić information content (AvgIpc) is 2.60. The van der Waals surface area contributed by atoms with Crippen LogP contribution in [0, 0.1) is 18.7 Å². The SMILES string of the molecule is Cc1nccc(CNC(=O)C2CCCN(Cc3cccc(F)c3)C2)n1. The van der Waals surface area contributed by atoms with Gasteiger partial charge in [0.2, 0.25) is 5.91 Å². The summed E-state index contributed by atoms with van der Waals surface area (Å²) in [6.07, 6.45) is 3.56. The number of aryl methyl sites for hydroxylation is 1. The van der Waals surface area contributed by atoms with E-state index < -0.39 is 0 Å². The number of rotatable bonds is 5. The van der Waals surface area contributed by atoms with Gasteiger partial charge in [-0.25, -0.2) is 14.4 Å². The molecule has 1 saturated heterocycles. The lowest BCUT2D eigenvalue weighted by molar-refractivity contribution is -0.127. The topological polar surface area (TPSA) is 58.1 Å². The highest BCUT2D eigenvalue weighted by Gasteiger charge is 2.25. The van der Waals surface area contributed by atoms with Crippen LogP contribution in [0.1, 0.15) is 29.9 Å². The van der Waals surface area contributed by atoms with Crippen LogP contribution in [0.15, 0.2) is 36.5 Å². The summed E-state index contributed by atoms with van der Waals surface area (Å²) in [4.78, 5) is 23.0. The number of nitrogens with one attached hydrogen (secondary N) is 1. The fraction of sp³-hybridized carbons (Fsp3) is 0.421. The summed E-state index contributed by atoms with van der Waals surface area (Å²) in [7, 11) is 0. The molecule has 132 valence electrons. The summed E-state index contributed by atoms with van der Waals surface area (Å²) in [5.41, 5.74) is 1.76. The second-order valence-electron chi connectivity index (χ2n) is 6.52. The highest BCUT2D eigenvalue weighted by molar-refractivity contribution is 5.78. The molecular formula is C19H23FN4O. The van der Waals surface area contributed by atoms with Gasteiger partial charge in [-0.2, -0.15) is 0 Å². The van der Waals surface area contributed by atoms with E-state index in [0.717, 1.165) is 30.6 Å². The minimum absolute atomic E-state index is 0.0368. The number of benzene rings is 1. The predicted molar refractivity (Wildman–Crippen MR) is 93.0 cm³/mol. The molecule has 0 bridgehead atoms. The first-order valence-corrected chi connectivity index (χ1v) is 8.63. The van der Waals surface area contributed by atoms with E-state index in [1.807, 2.05) is 19.1 Å². The highest BCUT2D eigenvalue weighted by atomic mass is 19.1. The lowest BCUT2D eigenvalue weighted by atomic mass is 9.96. The van der Waals surface area contributed by atoms with Gasteiger partial charge < -0.3 is 5.32 Å². The molecule has 0 spiro atoms. The second kappa shape index (κ2) is 8.16. The maximum atomic E-state index is 13.3. The van der Waals surface area contributed by atoms with Crippen molar-refractivity contribution in [1.29, 1.82) is 0 Å². The Bertz CT molecular complexity index is 737. The van der Waals surface area contributed by atoms with Gasteiger partial charge in [-0.15, -0.1) is 0 Å². The Hall–Kier alpha value is -2.34. The Kier molecular flexibility index (Phi) is 5.71. The number of carbonyl (C=O) groups excluding carboxylic acids is 1. The van der Waals surface area contributed by atoms with Gasteiger partial charge >= 0.3 is 0 Å². The molecule has 1 aromatic carbocycles. The number of carbonyl (C=O) groups is 1. The van der Waals surface area contributed by atoms with E-state index >= 15 is 0 Å². The molecule has 25 heavy (non-hydrogen) atoms. The normalized spacial score (nSPS) is 18.1. The number of likely N-dealkylation sites (tertiary alicyclic amines) is 1. The maximum absolute atomic E-state index is 13.3. The zero-order valence-electron chi connectivity index (χ0n) is 14.4. The van der Waals surface area contributed by atoms with Crippen LogP contribution in [-0.4, -0.2) is 33.9 Å². The van der Waals surface area contributed by atoms with E-state index in [1.54, 1.807) is 18.3 Å². The number of hydrogen-bond acceptors (Lipinski definition) is 4. The molecule has 2 heterocycles. The van der Waals surface area contributed by atoms with Crippen molar-refractivity contribution in [2.24, 2.45) is 5.92 Å². The van der Waals surface area contributed by atoms with Gasteiger partial charge in [-0.05, 0) is 50.1 Å². The fourth-order valence-corrected chi connectivity index (χ4v) is 3.23. The maximum Gasteiger partial charge on any atom is 0.224 e. The van der Waals surface area contributed by atoms with Gasteiger partial charge in [0.1, 0.15) is 11.6 Å². The zero-order valence-corrected chi connectivity index (χ0v) is 14.4. The van der Waals surface area contributed by atoms with Crippen LogP contribution in [-0.2, 0) is 17.9 Å². The lowest BCUT2D eigenvalue weighted by Crippen LogP contribution is -2.42. The number of nitrogens with zero attached hydrogens (tertiary/aromatic N) is 3. The van der Waals surface area contributed by atoms with Crippen LogP contribution in [0.2, 0.25) is 0 Å². The minimum Gasteiger partial charge on any atom is -0.350 e. The Morgan fingerprint density at radius 2 is 2.28 bits per heavy atom. The van der Waals surface area contributed by atoms with Crippen LogP contribution in [0.3, 0.4) is 0 Å². The molecule has 1 aliphatic rings. The van der Waals surface area contributed by atoms with Crippen molar-refractivity contribution in [3.8, 4) is 0 Å². The standard InChI is InChI=1S/C19H23FN4O/c1-14-21-8-7-18(23-14)11-22-19(25)16-5-3-9-24(13-16)12-15-4-2-6-17(20)10-15/h2,4,6-8,10,16H,3,5,9,11-13H2,1H3,(H,22,25). The molecule has 1 atom stereocenters. The molecular weight excluding hydrogens is 319 g/mol. The van der Waals surface area contributed by atoms with Gasteiger partial charge in [-0.1, -0.05) is 12.1 Å². The molecule has 1 unspecified atom stereocenters. The molecule has 0 radical (unpaired) electrons. The Balaban J connectivity index is 1.52. The first kappa shape index (κ1) is 17.5. The summed E-state index contributed by atoms with van der Waals surface area (Å²) >= 11 is 0. The molecule has 1 aromatic heterocycles. The predicted octanol–water partition coefficient (Wildman–Crippen LogP) is 2.45. The van der Waals surface area contributed by atoms with Crippen molar-refractivity contribution in [1.82, 2.24) is 20.2 Å². The number of hydrogen-bond donors (Lipinski definition) is 1. The molecule has 3 rings (SSSR count). The lowest BCUT2D eigenvalue weighted by Gasteiger charge is -2.32. The Morgan fingerprint density at radius 1 is 1.40 bits per heavy atom. The van der Waals surface area contributed by atoms with Crippen molar-refractivity contribution in [2.75, 3.05) is 13.1 Å². The summed E-state index contributed by atoms with van der Waals surface area (Å²) in [6, 6.07) is 8.46. The quantitative estimate of drug-likeness (QED) is 0.907. The third-order valence-electron chi connectivity index (χ3n) is 4.45. The molecule has 0 aliphatic carbocycles. The van der Waals surface area contributed by atoms with E-state index in [4.69, 9.17) is 0 Å². The third kappa shape index (κ3) is 5.06. The molecule has 6 heteroatoms. The van der Waals surface area contributed by atoms with E-state index in [1.165, 1.54) is 6.07 Å². The summed E-state index contributed by atoms with van der Waals surface area (Å²) in [5.74, 6) is 0.500. The summed E-state index contributed by atoms with van der Waals surface area (Å²) in [5, 5.41) is 2.97. The van der Waals surface area contributed by atoms with E-state index in [2.05, 4.69) is 20.2 Å². The van der Waals surface area contributed by atoms with Crippen LogP contribution >= 0.6 is 0 Å². The summed E-state index contributed by atoms with van der Waals surface area (Å²) < 4.78 is 13.3. The molecule has 1 amide bonds. The molecule has 1 fully saturated rings. The molecule has 0 saturated carbocycles. The van der Waals surface area contributed by atoms with Gasteiger partial charge in [0, 0.05) is 19.3 Å². The molecule has 1 N–H and O–H groups in total. The van der Waals surface area contributed by atoms with Crippen LogP contribution in [0.4, 0.5) is 4.39 Å². The number of halogens is 1. The number of piperidine rings is 1. The van der Waals surface area contributed by atoms with E-state index in [9.17, 15) is 9.18 Å². The van der Waals surface area contributed by atoms with Crippen molar-refractivity contribution < 1.29 is 9.18 Å². The minimum atomic E-state index is -0.219. The second-order valence-corrected chi connectivity index (χ2v) is 6.52. The van der Waals surface area contributed by atoms with Crippen LogP contribution in [0.5, 0.6) is 0 Å². The average molecular weight is 342 g/mol. The number of aromatic nitrogens is 2. The first-order valence-electron chi connectivity index (χ1n) is 8.63. The molecule has 5 nitrogen and oxygen atoms in total. The fourth-order valence-electron chi connectivity index (χ4n) is 3.23. The zero-order chi connectivity index (χ0) is 17.6. The van der Waals surface area contributed by atoms with Gasteiger partial charge in [0.05, 0.1) is 18.2 Å². The monoisotopic (exact) mass is 342 g/mol. The van der Waals surface area contributed by atoms with Crippen LogP contribution < -0.4 is 5.32 Å². The Labute approximate surface area is 147 Å². The van der Waals surface area contributed by atoms with E-state index in [0.29, 0.717) is 25.5 Å². The third-order valence-corrected chi connectivity index (χ3v) is 4.45. The highest BCUT2D eigenvalue weighted by Crippen LogP contribution is 2.19. The van der Waals surface area contributed by atoms with E-state index in [-0.39, 0.29) is 17.6 Å².